The number of rotatable bonds is 21. The number of nitrogen functional groups attached to an aromatic ring is 1. The number of hydrazine groups is 1. The second kappa shape index (κ2) is 21.7. The minimum atomic E-state index is -1.52. The van der Waals surface area contributed by atoms with Crippen molar-refractivity contribution in [3.63, 3.8) is 0 Å². The molecule has 0 bridgehead atoms. The molecule has 1 fully saturated rings. The Morgan fingerprint density at radius 1 is 0.754 bits per heavy atom. The van der Waals surface area contributed by atoms with Crippen molar-refractivity contribution in [1.82, 2.24) is 31.6 Å². The molecule has 57 heavy (non-hydrogen) atoms. The molecule has 1 aliphatic carbocycles. The second-order valence-electron chi connectivity index (χ2n) is 14.1. The van der Waals surface area contributed by atoms with Gasteiger partial charge >= 0.3 is 23.9 Å². The molecule has 2 aromatic carbocycles. The van der Waals surface area contributed by atoms with E-state index in [1.807, 2.05) is 42.5 Å². The minimum absolute atomic E-state index is 0.0358. The Balaban J connectivity index is 1.28. The highest BCUT2D eigenvalue weighted by Crippen LogP contribution is 2.29. The molecule has 0 unspecified atom stereocenters. The van der Waals surface area contributed by atoms with Gasteiger partial charge in [0.2, 0.25) is 11.8 Å². The van der Waals surface area contributed by atoms with E-state index in [1.54, 1.807) is 12.1 Å². The van der Waals surface area contributed by atoms with E-state index in [2.05, 4.69) is 37.0 Å². The van der Waals surface area contributed by atoms with Crippen molar-refractivity contribution in [2.24, 2.45) is 17.7 Å². The topological polar surface area (TPSA) is 291 Å². The van der Waals surface area contributed by atoms with Gasteiger partial charge in [-0.25, -0.2) is 25.2 Å². The lowest BCUT2D eigenvalue weighted by Gasteiger charge is -2.29. The molecule has 1 aromatic heterocycles. The van der Waals surface area contributed by atoms with Crippen LogP contribution in [0, 0.1) is 11.8 Å². The van der Waals surface area contributed by atoms with E-state index in [0.29, 0.717) is 50.0 Å². The number of urea groups is 1. The van der Waals surface area contributed by atoms with E-state index in [1.165, 1.54) is 6.20 Å². The van der Waals surface area contributed by atoms with Gasteiger partial charge in [-0.15, -0.1) is 0 Å². The van der Waals surface area contributed by atoms with E-state index in [-0.39, 0.29) is 55.9 Å². The number of unbranched alkanes of at least 4 members (excludes halogenated alkanes) is 1. The standard InChI is InChI=1S/C39H50N8O10/c40-47-32-16-14-28(22-42-32)34(50)43-21-23-8-12-26(13-9-23)35(51)44-31(20-24-10-11-25-5-1-2-6-27(25)19-24)36(52)41-18-4-3-7-29(37(53)54)45-39(57)46-30(38(55)56)15-17-33(48)49/h1-2,5-6,10-11,14,16,19,22-23,26,29-31H,3-4,7-9,12-13,15,17-18,20-21,40H2,(H,41,52)(H,42,47)(H,43,50)(H,44,51)(H,48,49)(H,53,54)(H,55,56)(H2,45,46,57)/t23?,26?,29-,30-,31-/m0/s1. The van der Waals surface area contributed by atoms with Crippen molar-refractivity contribution in [2.75, 3.05) is 18.5 Å². The predicted octanol–water partition coefficient (Wildman–Crippen LogP) is 2.14. The molecule has 1 aliphatic rings. The predicted molar refractivity (Wildman–Crippen MR) is 208 cm³/mol. The number of fused-ring (bicyclic) bond motifs is 1. The number of carboxylic acid groups (broad SMARTS) is 3. The first kappa shape index (κ1) is 43.4. The van der Waals surface area contributed by atoms with Gasteiger partial charge < -0.3 is 47.3 Å². The van der Waals surface area contributed by atoms with Gasteiger partial charge in [0.25, 0.3) is 5.91 Å². The third kappa shape index (κ3) is 14.1. The van der Waals surface area contributed by atoms with Crippen LogP contribution in [-0.4, -0.2) is 93.2 Å². The van der Waals surface area contributed by atoms with Crippen LogP contribution in [0.4, 0.5) is 10.6 Å². The zero-order chi connectivity index (χ0) is 41.3. The van der Waals surface area contributed by atoms with Gasteiger partial charge in [-0.3, -0.25) is 19.2 Å². The van der Waals surface area contributed by atoms with E-state index in [9.17, 15) is 43.8 Å². The lowest BCUT2D eigenvalue weighted by atomic mass is 9.81. The van der Waals surface area contributed by atoms with Gasteiger partial charge in [-0.05, 0) is 85.8 Å². The molecular formula is C39H50N8O10. The van der Waals surface area contributed by atoms with Crippen LogP contribution < -0.4 is 37.9 Å². The summed E-state index contributed by atoms with van der Waals surface area (Å²) in [5.41, 5.74) is 3.67. The molecule has 5 amide bonds. The molecule has 0 saturated heterocycles. The molecule has 3 aromatic rings. The number of benzene rings is 2. The molecule has 0 aliphatic heterocycles. The van der Waals surface area contributed by atoms with E-state index in [4.69, 9.17) is 10.9 Å². The number of aromatic nitrogens is 1. The van der Waals surface area contributed by atoms with Crippen LogP contribution in [0.2, 0.25) is 0 Å². The van der Waals surface area contributed by atoms with Crippen molar-refractivity contribution in [3.05, 3.63) is 71.9 Å². The normalized spacial score (nSPS) is 16.6. The van der Waals surface area contributed by atoms with Crippen molar-refractivity contribution >= 4 is 58.3 Å². The lowest BCUT2D eigenvalue weighted by molar-refractivity contribution is -0.141. The van der Waals surface area contributed by atoms with Crippen LogP contribution in [0.25, 0.3) is 10.8 Å². The largest absolute Gasteiger partial charge is 0.481 e. The highest BCUT2D eigenvalue weighted by Gasteiger charge is 2.30. The van der Waals surface area contributed by atoms with Crippen molar-refractivity contribution in [1.29, 1.82) is 0 Å². The Morgan fingerprint density at radius 3 is 2.07 bits per heavy atom. The first-order chi connectivity index (χ1) is 27.3. The van der Waals surface area contributed by atoms with Crippen molar-refractivity contribution in [2.45, 2.75) is 82.3 Å². The smallest absolute Gasteiger partial charge is 0.326 e. The highest BCUT2D eigenvalue weighted by atomic mass is 16.4. The average molecular weight is 791 g/mol. The molecule has 4 rings (SSSR count). The van der Waals surface area contributed by atoms with Crippen LogP contribution >= 0.6 is 0 Å². The average Bonchev–Trinajstić information content (AvgIpc) is 3.20. The fourth-order valence-corrected chi connectivity index (χ4v) is 6.63. The van der Waals surface area contributed by atoms with Gasteiger partial charge in [0.05, 0.1) is 5.56 Å². The molecule has 3 atom stereocenters. The Morgan fingerprint density at radius 2 is 1.44 bits per heavy atom. The van der Waals surface area contributed by atoms with Crippen LogP contribution in [0.3, 0.4) is 0 Å². The number of hydrogen-bond acceptors (Lipinski definition) is 10. The van der Waals surface area contributed by atoms with Gasteiger partial charge in [-0.2, -0.15) is 0 Å². The molecule has 18 heteroatoms. The summed E-state index contributed by atoms with van der Waals surface area (Å²) in [4.78, 5) is 90.1. The quantitative estimate of drug-likeness (QED) is 0.0421. The number of nitrogens with one attached hydrogen (secondary N) is 6. The minimum Gasteiger partial charge on any atom is -0.481 e. The highest BCUT2D eigenvalue weighted by molar-refractivity contribution is 5.94. The van der Waals surface area contributed by atoms with Gasteiger partial charge in [0.1, 0.15) is 23.9 Å². The summed E-state index contributed by atoms with van der Waals surface area (Å²) in [7, 11) is 0. The summed E-state index contributed by atoms with van der Waals surface area (Å²) in [5, 5.41) is 42.7. The zero-order valence-electron chi connectivity index (χ0n) is 31.4. The summed E-state index contributed by atoms with van der Waals surface area (Å²) < 4.78 is 0. The fourth-order valence-electron chi connectivity index (χ4n) is 6.63. The SMILES string of the molecule is NNc1ccc(C(=O)NCC2CCC(C(=O)N[C@@H](Cc3ccc4ccccc4c3)C(=O)NCCCC[C@H](NC(=O)N[C@@H](CCC(=O)O)C(=O)O)C(=O)O)CC2)cn1. The first-order valence-electron chi connectivity index (χ1n) is 18.8. The number of carbonyl (C=O) groups is 7. The Kier molecular flexibility index (Phi) is 16.5. The molecule has 18 nitrogen and oxygen atoms in total. The fraction of sp³-hybridized carbons (Fsp3) is 0.436. The summed E-state index contributed by atoms with van der Waals surface area (Å²) in [6, 6.07) is 12.0. The van der Waals surface area contributed by atoms with Crippen LogP contribution in [0.1, 0.15) is 73.7 Å². The van der Waals surface area contributed by atoms with E-state index >= 15 is 0 Å². The molecule has 1 saturated carbocycles. The van der Waals surface area contributed by atoms with Crippen molar-refractivity contribution in [3.8, 4) is 0 Å². The van der Waals surface area contributed by atoms with Gasteiger partial charge in [-0.1, -0.05) is 42.5 Å². The summed E-state index contributed by atoms with van der Waals surface area (Å²) in [5.74, 6) is 0.678. The zero-order valence-corrected chi connectivity index (χ0v) is 31.4. The number of hydrogen-bond donors (Lipinski definition) is 10. The summed E-state index contributed by atoms with van der Waals surface area (Å²) in [6.45, 7) is 0.603. The summed E-state index contributed by atoms with van der Waals surface area (Å²) in [6.07, 6.45) is 3.93. The number of amides is 5. The molecule has 0 radical (unpaired) electrons. The molecular weight excluding hydrogens is 740 g/mol. The number of pyridine rings is 1. The number of anilines is 1. The second-order valence-corrected chi connectivity index (χ2v) is 14.1. The van der Waals surface area contributed by atoms with E-state index < -0.39 is 54.4 Å². The lowest BCUT2D eigenvalue weighted by Crippen LogP contribution is -2.51. The Labute approximate surface area is 328 Å². The Bertz CT molecular complexity index is 1880. The maximum Gasteiger partial charge on any atom is 0.326 e. The van der Waals surface area contributed by atoms with E-state index in [0.717, 1.165) is 16.3 Å². The number of aliphatic carboxylic acids is 3. The Hall–Kier alpha value is -6.30. The number of carbonyl (C=O) groups excluding carboxylic acids is 4. The van der Waals surface area contributed by atoms with Crippen LogP contribution in [0.15, 0.2) is 60.8 Å². The number of nitrogens with zero attached hydrogens (tertiary/aromatic N) is 1. The first-order valence-corrected chi connectivity index (χ1v) is 18.8. The van der Waals surface area contributed by atoms with Crippen LogP contribution in [0.5, 0.6) is 0 Å². The van der Waals surface area contributed by atoms with Crippen molar-refractivity contribution < 1.29 is 48.9 Å². The molecule has 0 spiro atoms. The van der Waals surface area contributed by atoms with Gasteiger partial charge in [0, 0.05) is 38.0 Å². The third-order valence-corrected chi connectivity index (χ3v) is 9.90. The molecule has 11 N–H and O–H groups in total. The summed E-state index contributed by atoms with van der Waals surface area (Å²) >= 11 is 0. The number of carboxylic acids is 3. The third-order valence-electron chi connectivity index (χ3n) is 9.90. The maximum absolute atomic E-state index is 13.6. The monoisotopic (exact) mass is 790 g/mol. The maximum atomic E-state index is 13.6. The van der Waals surface area contributed by atoms with Crippen LogP contribution in [-0.2, 0) is 30.4 Å². The van der Waals surface area contributed by atoms with Gasteiger partial charge in [0.15, 0.2) is 0 Å². The number of nitrogens with two attached hydrogens (primary N) is 1. The molecule has 1 heterocycles. The molecule has 306 valence electrons.